The summed E-state index contributed by atoms with van der Waals surface area (Å²) in [7, 11) is 0. The number of nitro benzene ring substituents is 1. The molecular formula is C16H13ClN2O4. The molecule has 0 radical (unpaired) electrons. The maximum Gasteiger partial charge on any atom is 0.270 e. The van der Waals surface area contributed by atoms with Gasteiger partial charge in [0.25, 0.3) is 11.6 Å². The molecular weight excluding hydrogens is 320 g/mol. The second-order valence-corrected chi connectivity index (χ2v) is 5.53. The van der Waals surface area contributed by atoms with Gasteiger partial charge in [-0.2, -0.15) is 0 Å². The summed E-state index contributed by atoms with van der Waals surface area (Å²) in [6.45, 7) is 0.491. The molecule has 23 heavy (non-hydrogen) atoms. The average Bonchev–Trinajstić information content (AvgIpc) is 2.55. The van der Waals surface area contributed by atoms with E-state index >= 15 is 0 Å². The van der Waals surface area contributed by atoms with Crippen LogP contribution in [0.2, 0.25) is 5.02 Å². The minimum Gasteiger partial charge on any atom is -0.493 e. The van der Waals surface area contributed by atoms with Crippen LogP contribution >= 0.6 is 11.6 Å². The predicted octanol–water partition coefficient (Wildman–Crippen LogP) is 3.50. The molecule has 1 heterocycles. The van der Waals surface area contributed by atoms with Gasteiger partial charge in [0.05, 0.1) is 28.2 Å². The molecule has 0 aliphatic carbocycles. The fourth-order valence-corrected chi connectivity index (χ4v) is 2.73. The van der Waals surface area contributed by atoms with Crippen LogP contribution in [0.15, 0.2) is 42.5 Å². The lowest BCUT2D eigenvalue weighted by atomic mass is 10.00. The molecule has 118 valence electrons. The quantitative estimate of drug-likeness (QED) is 0.689. The summed E-state index contributed by atoms with van der Waals surface area (Å²) in [6, 6.07) is 11.0. The van der Waals surface area contributed by atoms with Crippen LogP contribution in [0.3, 0.4) is 0 Å². The Labute approximate surface area is 137 Å². The van der Waals surface area contributed by atoms with Gasteiger partial charge in [-0.15, -0.1) is 0 Å². The molecule has 0 saturated carbocycles. The van der Waals surface area contributed by atoms with Gasteiger partial charge in [-0.1, -0.05) is 29.8 Å². The number of benzene rings is 2. The van der Waals surface area contributed by atoms with E-state index in [1.807, 2.05) is 24.3 Å². The summed E-state index contributed by atoms with van der Waals surface area (Å²) in [5.41, 5.74) is 0.797. The highest BCUT2D eigenvalue weighted by Gasteiger charge is 2.24. The fraction of sp³-hybridized carbons (Fsp3) is 0.188. The summed E-state index contributed by atoms with van der Waals surface area (Å²) >= 11 is 6.01. The summed E-state index contributed by atoms with van der Waals surface area (Å²) in [4.78, 5) is 22.8. The van der Waals surface area contributed by atoms with Gasteiger partial charge in [0.1, 0.15) is 5.75 Å². The van der Waals surface area contributed by atoms with E-state index in [4.69, 9.17) is 16.3 Å². The molecule has 1 N–H and O–H groups in total. The third kappa shape index (κ3) is 3.12. The van der Waals surface area contributed by atoms with E-state index in [0.717, 1.165) is 11.3 Å². The summed E-state index contributed by atoms with van der Waals surface area (Å²) in [5, 5.41) is 13.9. The number of nitrogens with one attached hydrogen (secondary N) is 1. The Bertz CT molecular complexity index is 778. The SMILES string of the molecule is O=C(N[C@@H]1CCOc2ccccc21)c1cc([N+](=O)[O-])ccc1Cl. The van der Waals surface area contributed by atoms with Gasteiger partial charge in [-0.25, -0.2) is 0 Å². The average molecular weight is 333 g/mol. The number of para-hydroxylation sites is 1. The molecule has 0 spiro atoms. The lowest BCUT2D eigenvalue weighted by molar-refractivity contribution is -0.384. The van der Waals surface area contributed by atoms with Gasteiger partial charge >= 0.3 is 0 Å². The van der Waals surface area contributed by atoms with Crippen LogP contribution in [-0.4, -0.2) is 17.4 Å². The number of ether oxygens (including phenoxy) is 1. The zero-order valence-electron chi connectivity index (χ0n) is 12.0. The number of non-ortho nitro benzene ring substituents is 1. The van der Waals surface area contributed by atoms with Gasteiger partial charge < -0.3 is 10.1 Å². The van der Waals surface area contributed by atoms with Crippen molar-refractivity contribution < 1.29 is 14.5 Å². The number of hydrogen-bond acceptors (Lipinski definition) is 4. The third-order valence-electron chi connectivity index (χ3n) is 3.67. The van der Waals surface area contributed by atoms with Crippen molar-refractivity contribution >= 4 is 23.2 Å². The van der Waals surface area contributed by atoms with E-state index in [2.05, 4.69) is 5.32 Å². The first kappa shape index (κ1) is 15.3. The maximum atomic E-state index is 12.5. The van der Waals surface area contributed by atoms with Crippen LogP contribution < -0.4 is 10.1 Å². The summed E-state index contributed by atoms with van der Waals surface area (Å²) in [6.07, 6.45) is 0.620. The molecule has 2 aromatic carbocycles. The van der Waals surface area contributed by atoms with Crippen molar-refractivity contribution in [3.05, 3.63) is 68.7 Å². The van der Waals surface area contributed by atoms with E-state index in [1.54, 1.807) is 0 Å². The topological polar surface area (TPSA) is 81.5 Å². The van der Waals surface area contributed by atoms with Crippen molar-refractivity contribution in [2.75, 3.05) is 6.61 Å². The first-order valence-corrected chi connectivity index (χ1v) is 7.40. The standard InChI is InChI=1S/C16H13ClN2O4/c17-13-6-5-10(19(21)22)9-12(13)16(20)18-14-7-8-23-15-4-2-1-3-11(14)15/h1-6,9,14H,7-8H2,(H,18,20)/t14-/m1/s1. The number of fused-ring (bicyclic) bond motifs is 1. The Morgan fingerprint density at radius 1 is 1.30 bits per heavy atom. The molecule has 6 nitrogen and oxygen atoms in total. The Morgan fingerprint density at radius 3 is 2.87 bits per heavy atom. The van der Waals surface area contributed by atoms with E-state index in [1.165, 1.54) is 18.2 Å². The second kappa shape index (κ2) is 6.26. The molecule has 0 bridgehead atoms. The van der Waals surface area contributed by atoms with Crippen LogP contribution in [-0.2, 0) is 0 Å². The Balaban J connectivity index is 1.86. The van der Waals surface area contributed by atoms with Crippen molar-refractivity contribution in [2.24, 2.45) is 0 Å². The molecule has 0 aromatic heterocycles. The Morgan fingerprint density at radius 2 is 2.09 bits per heavy atom. The molecule has 1 aliphatic heterocycles. The van der Waals surface area contributed by atoms with Crippen molar-refractivity contribution in [3.63, 3.8) is 0 Å². The van der Waals surface area contributed by atoms with E-state index in [-0.39, 0.29) is 22.3 Å². The molecule has 0 saturated heterocycles. The minimum atomic E-state index is -0.559. The molecule has 0 unspecified atom stereocenters. The van der Waals surface area contributed by atoms with Crippen molar-refractivity contribution in [1.82, 2.24) is 5.32 Å². The zero-order valence-corrected chi connectivity index (χ0v) is 12.7. The van der Waals surface area contributed by atoms with Crippen LogP contribution in [0.4, 0.5) is 5.69 Å². The van der Waals surface area contributed by atoms with Crippen molar-refractivity contribution in [1.29, 1.82) is 0 Å². The molecule has 7 heteroatoms. The second-order valence-electron chi connectivity index (χ2n) is 5.12. The van der Waals surface area contributed by atoms with Crippen LogP contribution in [0, 0.1) is 10.1 Å². The monoisotopic (exact) mass is 332 g/mol. The fourth-order valence-electron chi connectivity index (χ4n) is 2.53. The van der Waals surface area contributed by atoms with E-state index < -0.39 is 10.8 Å². The van der Waals surface area contributed by atoms with E-state index in [9.17, 15) is 14.9 Å². The zero-order chi connectivity index (χ0) is 16.4. The number of halogens is 1. The highest BCUT2D eigenvalue weighted by molar-refractivity contribution is 6.34. The smallest absolute Gasteiger partial charge is 0.270 e. The van der Waals surface area contributed by atoms with Gasteiger partial charge in [-0.05, 0) is 12.1 Å². The largest absolute Gasteiger partial charge is 0.493 e. The lowest BCUT2D eigenvalue weighted by Crippen LogP contribution is -2.32. The first-order chi connectivity index (χ1) is 11.1. The van der Waals surface area contributed by atoms with Gasteiger partial charge in [-0.3, -0.25) is 14.9 Å². The summed E-state index contributed by atoms with van der Waals surface area (Å²) < 4.78 is 5.55. The number of amides is 1. The first-order valence-electron chi connectivity index (χ1n) is 7.03. The van der Waals surface area contributed by atoms with Crippen molar-refractivity contribution in [2.45, 2.75) is 12.5 Å². The van der Waals surface area contributed by atoms with Crippen LogP contribution in [0.5, 0.6) is 5.75 Å². The van der Waals surface area contributed by atoms with Gasteiger partial charge in [0.2, 0.25) is 0 Å². The van der Waals surface area contributed by atoms with Crippen molar-refractivity contribution in [3.8, 4) is 5.75 Å². The predicted molar refractivity (Wildman–Crippen MR) is 84.9 cm³/mol. The van der Waals surface area contributed by atoms with Crippen LogP contribution in [0.1, 0.15) is 28.4 Å². The molecule has 2 aromatic rings. The molecule has 1 amide bonds. The van der Waals surface area contributed by atoms with E-state index in [0.29, 0.717) is 13.0 Å². The molecule has 1 aliphatic rings. The van der Waals surface area contributed by atoms with Gasteiger partial charge in [0, 0.05) is 24.1 Å². The Kier molecular flexibility index (Phi) is 4.16. The summed E-state index contributed by atoms with van der Waals surface area (Å²) in [5.74, 6) is 0.287. The normalized spacial score (nSPS) is 16.1. The number of carbonyl (C=O) groups excluding carboxylic acids is 1. The number of hydrogen-bond donors (Lipinski definition) is 1. The highest BCUT2D eigenvalue weighted by atomic mass is 35.5. The third-order valence-corrected chi connectivity index (χ3v) is 4.00. The number of nitrogens with zero attached hydrogens (tertiary/aromatic N) is 1. The van der Waals surface area contributed by atoms with Crippen LogP contribution in [0.25, 0.3) is 0 Å². The lowest BCUT2D eigenvalue weighted by Gasteiger charge is -2.26. The van der Waals surface area contributed by atoms with Gasteiger partial charge in [0.15, 0.2) is 0 Å². The number of rotatable bonds is 3. The molecule has 3 rings (SSSR count). The maximum absolute atomic E-state index is 12.5. The molecule has 0 fully saturated rings. The molecule has 1 atom stereocenters. The number of nitro groups is 1. The minimum absolute atomic E-state index is 0.0878. The highest BCUT2D eigenvalue weighted by Crippen LogP contribution is 2.32. The Hall–Kier alpha value is -2.60. The number of carbonyl (C=O) groups is 1.